The van der Waals surface area contributed by atoms with Gasteiger partial charge in [0.15, 0.2) is 0 Å². The largest absolute Gasteiger partial charge is 0.342 e. The van der Waals surface area contributed by atoms with E-state index in [0.29, 0.717) is 11.8 Å². The predicted molar refractivity (Wildman–Crippen MR) is 77.8 cm³/mol. The van der Waals surface area contributed by atoms with Crippen LogP contribution in [0.4, 0.5) is 0 Å². The summed E-state index contributed by atoms with van der Waals surface area (Å²) in [5.41, 5.74) is 6.19. The fraction of sp³-hybridized carbons (Fsp3) is 0.933. The summed E-state index contributed by atoms with van der Waals surface area (Å²) in [6.45, 7) is 8.28. The Bertz CT molecular complexity index is 321. The summed E-state index contributed by atoms with van der Waals surface area (Å²) >= 11 is 0. The van der Waals surface area contributed by atoms with Crippen LogP contribution in [0.15, 0.2) is 0 Å². The van der Waals surface area contributed by atoms with Gasteiger partial charge in [-0.3, -0.25) is 4.79 Å². The number of hydrogen-bond donors (Lipinski definition) is 1. The van der Waals surface area contributed by atoms with Crippen LogP contribution in [0.3, 0.4) is 0 Å². The van der Waals surface area contributed by atoms with E-state index >= 15 is 0 Å². The molecule has 2 heterocycles. The number of piperidine rings is 2. The number of carbonyl (C=O) groups is 1. The lowest BCUT2D eigenvalue weighted by Gasteiger charge is -2.43. The standard InChI is InChI=1S/C15H29N3O/c1-15(2)11-18(9-6-13(15)16)14(19)10-12-4-7-17(3)8-5-12/h12-13H,4-11,16H2,1-3H3. The van der Waals surface area contributed by atoms with Gasteiger partial charge in [-0.15, -0.1) is 0 Å². The van der Waals surface area contributed by atoms with Gasteiger partial charge in [0.05, 0.1) is 0 Å². The smallest absolute Gasteiger partial charge is 0.222 e. The second-order valence-electron chi connectivity index (χ2n) is 7.15. The Morgan fingerprint density at radius 2 is 1.84 bits per heavy atom. The van der Waals surface area contributed by atoms with E-state index in [1.807, 2.05) is 4.90 Å². The Morgan fingerprint density at radius 3 is 2.42 bits per heavy atom. The zero-order valence-corrected chi connectivity index (χ0v) is 12.7. The quantitative estimate of drug-likeness (QED) is 0.820. The lowest BCUT2D eigenvalue weighted by molar-refractivity contribution is -0.136. The van der Waals surface area contributed by atoms with Gasteiger partial charge < -0.3 is 15.5 Å². The molecule has 0 aromatic heterocycles. The van der Waals surface area contributed by atoms with Crippen LogP contribution >= 0.6 is 0 Å². The van der Waals surface area contributed by atoms with E-state index in [0.717, 1.165) is 39.0 Å². The molecule has 110 valence electrons. The zero-order valence-electron chi connectivity index (χ0n) is 12.7. The van der Waals surface area contributed by atoms with E-state index in [4.69, 9.17) is 5.73 Å². The summed E-state index contributed by atoms with van der Waals surface area (Å²) in [6, 6.07) is 0.222. The lowest BCUT2D eigenvalue weighted by Crippen LogP contribution is -2.54. The maximum atomic E-state index is 12.4. The third-order valence-corrected chi connectivity index (χ3v) is 4.97. The molecule has 4 nitrogen and oxygen atoms in total. The molecule has 0 spiro atoms. The number of likely N-dealkylation sites (tertiary alicyclic amines) is 2. The molecular formula is C15H29N3O. The van der Waals surface area contributed by atoms with Gasteiger partial charge in [0.2, 0.25) is 5.91 Å². The first-order valence-corrected chi connectivity index (χ1v) is 7.60. The summed E-state index contributed by atoms with van der Waals surface area (Å²) in [5, 5.41) is 0. The van der Waals surface area contributed by atoms with E-state index in [1.165, 1.54) is 12.8 Å². The highest BCUT2D eigenvalue weighted by Crippen LogP contribution is 2.29. The minimum Gasteiger partial charge on any atom is -0.342 e. The van der Waals surface area contributed by atoms with Gasteiger partial charge in [-0.1, -0.05) is 13.8 Å². The van der Waals surface area contributed by atoms with Crippen molar-refractivity contribution in [3.05, 3.63) is 0 Å². The van der Waals surface area contributed by atoms with Gasteiger partial charge in [0, 0.05) is 25.6 Å². The van der Waals surface area contributed by atoms with Crippen molar-refractivity contribution in [1.82, 2.24) is 9.80 Å². The Kier molecular flexibility index (Phi) is 4.51. The van der Waals surface area contributed by atoms with Crippen LogP contribution in [0.1, 0.15) is 39.5 Å². The predicted octanol–water partition coefficient (Wildman–Crippen LogP) is 1.30. The minimum absolute atomic E-state index is 0.0562. The van der Waals surface area contributed by atoms with Crippen molar-refractivity contribution in [2.45, 2.75) is 45.6 Å². The van der Waals surface area contributed by atoms with E-state index in [1.54, 1.807) is 0 Å². The molecule has 1 atom stereocenters. The third-order valence-electron chi connectivity index (χ3n) is 4.97. The molecule has 19 heavy (non-hydrogen) atoms. The second kappa shape index (κ2) is 5.80. The molecule has 2 aliphatic heterocycles. The average molecular weight is 267 g/mol. The van der Waals surface area contributed by atoms with Gasteiger partial charge in [0.25, 0.3) is 0 Å². The molecule has 2 aliphatic rings. The van der Waals surface area contributed by atoms with Gasteiger partial charge in [-0.25, -0.2) is 0 Å². The first kappa shape index (κ1) is 14.8. The van der Waals surface area contributed by atoms with Gasteiger partial charge in [0.1, 0.15) is 0 Å². The Morgan fingerprint density at radius 1 is 1.21 bits per heavy atom. The fourth-order valence-electron chi connectivity index (χ4n) is 3.23. The minimum atomic E-state index is 0.0562. The van der Waals surface area contributed by atoms with Crippen molar-refractivity contribution in [2.24, 2.45) is 17.1 Å². The summed E-state index contributed by atoms with van der Waals surface area (Å²) in [5.74, 6) is 0.928. The molecule has 0 saturated carbocycles. The molecule has 0 bridgehead atoms. The molecule has 4 heteroatoms. The van der Waals surface area contributed by atoms with Crippen molar-refractivity contribution in [3.8, 4) is 0 Å². The number of amides is 1. The molecule has 2 N–H and O–H groups in total. The van der Waals surface area contributed by atoms with Crippen LogP contribution in [0, 0.1) is 11.3 Å². The number of carbonyl (C=O) groups excluding carboxylic acids is 1. The second-order valence-corrected chi connectivity index (χ2v) is 7.15. The summed E-state index contributed by atoms with van der Waals surface area (Å²) < 4.78 is 0. The Hall–Kier alpha value is -0.610. The van der Waals surface area contributed by atoms with Crippen molar-refractivity contribution in [1.29, 1.82) is 0 Å². The van der Waals surface area contributed by atoms with E-state index in [2.05, 4.69) is 25.8 Å². The molecular weight excluding hydrogens is 238 g/mol. The van der Waals surface area contributed by atoms with Crippen LogP contribution in [0.5, 0.6) is 0 Å². The highest BCUT2D eigenvalue weighted by molar-refractivity contribution is 5.76. The van der Waals surface area contributed by atoms with Crippen LogP contribution in [-0.2, 0) is 4.79 Å². The van der Waals surface area contributed by atoms with E-state index < -0.39 is 0 Å². The molecule has 1 amide bonds. The summed E-state index contributed by atoms with van der Waals surface area (Å²) in [4.78, 5) is 16.8. The summed E-state index contributed by atoms with van der Waals surface area (Å²) in [7, 11) is 2.16. The molecule has 0 radical (unpaired) electrons. The Labute approximate surface area is 117 Å². The third kappa shape index (κ3) is 3.69. The van der Waals surface area contributed by atoms with Crippen LogP contribution < -0.4 is 5.73 Å². The first-order chi connectivity index (χ1) is 8.88. The monoisotopic (exact) mass is 267 g/mol. The number of nitrogens with two attached hydrogens (primary N) is 1. The topological polar surface area (TPSA) is 49.6 Å². The summed E-state index contributed by atoms with van der Waals surface area (Å²) in [6.07, 6.45) is 4.00. The zero-order chi connectivity index (χ0) is 14.0. The van der Waals surface area contributed by atoms with Gasteiger partial charge in [-0.2, -0.15) is 0 Å². The van der Waals surface area contributed by atoms with Crippen LogP contribution in [0.25, 0.3) is 0 Å². The lowest BCUT2D eigenvalue weighted by atomic mass is 9.79. The molecule has 0 aliphatic carbocycles. The molecule has 1 unspecified atom stereocenters. The molecule has 0 aromatic rings. The maximum Gasteiger partial charge on any atom is 0.222 e. The van der Waals surface area contributed by atoms with Crippen LogP contribution in [-0.4, -0.2) is 55.0 Å². The first-order valence-electron chi connectivity index (χ1n) is 7.60. The van der Waals surface area contributed by atoms with Crippen LogP contribution in [0.2, 0.25) is 0 Å². The average Bonchev–Trinajstić information content (AvgIpc) is 2.35. The van der Waals surface area contributed by atoms with E-state index in [-0.39, 0.29) is 11.5 Å². The van der Waals surface area contributed by atoms with Crippen molar-refractivity contribution in [2.75, 3.05) is 33.2 Å². The number of hydrogen-bond acceptors (Lipinski definition) is 3. The highest BCUT2D eigenvalue weighted by atomic mass is 16.2. The number of rotatable bonds is 2. The molecule has 2 saturated heterocycles. The molecule has 2 rings (SSSR count). The van der Waals surface area contributed by atoms with Gasteiger partial charge in [-0.05, 0) is 50.7 Å². The van der Waals surface area contributed by atoms with Crippen molar-refractivity contribution >= 4 is 5.91 Å². The maximum absolute atomic E-state index is 12.4. The van der Waals surface area contributed by atoms with Gasteiger partial charge >= 0.3 is 0 Å². The normalized spacial score (nSPS) is 29.5. The molecule has 2 fully saturated rings. The Balaban J connectivity index is 1.83. The van der Waals surface area contributed by atoms with E-state index in [9.17, 15) is 4.79 Å². The van der Waals surface area contributed by atoms with Crippen molar-refractivity contribution < 1.29 is 4.79 Å². The molecule has 0 aromatic carbocycles. The fourth-order valence-corrected chi connectivity index (χ4v) is 3.23. The highest BCUT2D eigenvalue weighted by Gasteiger charge is 2.35. The SMILES string of the molecule is CN1CCC(CC(=O)N2CCC(N)C(C)(C)C2)CC1. The number of nitrogens with zero attached hydrogens (tertiary/aromatic N) is 2. The van der Waals surface area contributed by atoms with Crippen molar-refractivity contribution in [3.63, 3.8) is 0 Å².